The molecule has 0 heterocycles. The second kappa shape index (κ2) is 7.32. The number of rotatable bonds is 2. The molecule has 0 unspecified atom stereocenters. The zero-order chi connectivity index (χ0) is 9.19. The van der Waals surface area contributed by atoms with Crippen molar-refractivity contribution in [1.29, 1.82) is 0 Å². The Labute approximate surface area is 123 Å². The van der Waals surface area contributed by atoms with Gasteiger partial charge in [0.15, 0.2) is 0 Å². The van der Waals surface area contributed by atoms with Gasteiger partial charge in [0.2, 0.25) is 0 Å². The number of nitrogens with one attached hydrogen (secondary N) is 1. The molecule has 0 fully saturated rings. The monoisotopic (exact) mass is 237 g/mol. The molecular formula is C7H10ClLiNNaO2S. The van der Waals surface area contributed by atoms with Crippen LogP contribution in [0.5, 0.6) is 0 Å². The van der Waals surface area contributed by atoms with E-state index in [2.05, 4.69) is 0 Å². The van der Waals surface area contributed by atoms with Crippen LogP contribution in [0.25, 0.3) is 0 Å². The van der Waals surface area contributed by atoms with Crippen LogP contribution in [0.1, 0.15) is 5.56 Å². The van der Waals surface area contributed by atoms with Crippen molar-refractivity contribution in [2.24, 2.45) is 0 Å². The Balaban J connectivity index is 0. The first-order valence-electron chi connectivity index (χ1n) is 3.25. The normalized spacial score (nSPS) is 9.86. The summed E-state index contributed by atoms with van der Waals surface area (Å²) in [4.78, 5) is 0.170. The Hall–Kier alpha value is 1.02. The number of benzene rings is 1. The van der Waals surface area contributed by atoms with Gasteiger partial charge in [0.1, 0.15) is 0 Å². The van der Waals surface area contributed by atoms with Crippen LogP contribution in [0.4, 0.5) is 0 Å². The van der Waals surface area contributed by atoms with Crippen LogP contribution in [0.2, 0.25) is 0 Å². The predicted molar refractivity (Wildman–Crippen MR) is 61.7 cm³/mol. The SMILES string of the molecule is Cc1ccc(S(=O)(=O)NCl)cc1.[LiH].[NaH]. The van der Waals surface area contributed by atoms with Crippen molar-refractivity contribution >= 4 is 70.2 Å². The Morgan fingerprint density at radius 1 is 1.21 bits per heavy atom. The van der Waals surface area contributed by atoms with Gasteiger partial charge < -0.3 is 0 Å². The van der Waals surface area contributed by atoms with Gasteiger partial charge in [-0.25, -0.2) is 8.42 Å². The Kier molecular flexibility index (Phi) is 9.10. The molecule has 0 bridgehead atoms. The van der Waals surface area contributed by atoms with Gasteiger partial charge in [-0.3, -0.25) is 0 Å². The quantitative estimate of drug-likeness (QED) is 0.587. The summed E-state index contributed by atoms with van der Waals surface area (Å²) in [6, 6.07) is 6.42. The van der Waals surface area contributed by atoms with Crippen LogP contribution in [-0.4, -0.2) is 56.8 Å². The minimum absolute atomic E-state index is 0. The Bertz CT molecular complexity index is 368. The second-order valence-corrected chi connectivity index (χ2v) is 4.49. The van der Waals surface area contributed by atoms with E-state index in [0.717, 1.165) is 5.56 Å². The number of sulfonamides is 1. The molecule has 0 saturated heterocycles. The molecule has 70 valence electrons. The molecule has 0 saturated carbocycles. The minimum atomic E-state index is -3.50. The molecule has 7 heteroatoms. The Morgan fingerprint density at radius 2 is 1.64 bits per heavy atom. The standard InChI is InChI=1S/C7H8ClNO2S.Li.Na.2H/c1-6-2-4-7(5-3-6)12(10,11)9-8;;;;/h2-5,9H,1H3;;;;. The van der Waals surface area contributed by atoms with Gasteiger partial charge in [-0.1, -0.05) is 17.7 Å². The molecule has 0 radical (unpaired) electrons. The first kappa shape index (κ1) is 17.4. The van der Waals surface area contributed by atoms with E-state index in [4.69, 9.17) is 11.8 Å². The van der Waals surface area contributed by atoms with Gasteiger partial charge in [0.05, 0.1) is 4.90 Å². The van der Waals surface area contributed by atoms with Crippen molar-refractivity contribution in [3.63, 3.8) is 0 Å². The zero-order valence-electron chi connectivity index (χ0n) is 6.41. The number of hydrogen-bond donors (Lipinski definition) is 1. The molecule has 0 aliphatic heterocycles. The molecule has 14 heavy (non-hydrogen) atoms. The molecule has 1 N–H and O–H groups in total. The first-order valence-corrected chi connectivity index (χ1v) is 5.11. The average Bonchev–Trinajstić information content (AvgIpc) is 2.05. The summed E-state index contributed by atoms with van der Waals surface area (Å²) < 4.78 is 23.9. The van der Waals surface area contributed by atoms with E-state index in [9.17, 15) is 8.42 Å². The molecule has 1 rings (SSSR count). The van der Waals surface area contributed by atoms with Gasteiger partial charge in [-0.2, -0.15) is 0 Å². The fraction of sp³-hybridized carbons (Fsp3) is 0.143. The van der Waals surface area contributed by atoms with E-state index in [0.29, 0.717) is 0 Å². The summed E-state index contributed by atoms with van der Waals surface area (Å²) in [7, 11) is -3.50. The van der Waals surface area contributed by atoms with Crippen LogP contribution in [0.15, 0.2) is 29.2 Å². The summed E-state index contributed by atoms with van der Waals surface area (Å²) in [5, 5.41) is 0. The molecule has 0 spiro atoms. The van der Waals surface area contributed by atoms with Crippen LogP contribution >= 0.6 is 11.8 Å². The zero-order valence-corrected chi connectivity index (χ0v) is 7.98. The molecule has 0 aromatic heterocycles. The fourth-order valence-corrected chi connectivity index (χ4v) is 1.61. The van der Waals surface area contributed by atoms with E-state index < -0.39 is 10.0 Å². The van der Waals surface area contributed by atoms with Gasteiger partial charge in [-0.05, 0) is 30.8 Å². The third kappa shape index (κ3) is 4.69. The summed E-state index contributed by atoms with van der Waals surface area (Å²) in [5.74, 6) is 0. The molecule has 0 atom stereocenters. The van der Waals surface area contributed by atoms with Crippen molar-refractivity contribution in [3.05, 3.63) is 29.8 Å². The van der Waals surface area contributed by atoms with Crippen molar-refractivity contribution in [3.8, 4) is 0 Å². The number of hydrogen-bond acceptors (Lipinski definition) is 2. The van der Waals surface area contributed by atoms with E-state index in [1.54, 1.807) is 16.4 Å². The van der Waals surface area contributed by atoms with E-state index >= 15 is 0 Å². The molecule has 3 nitrogen and oxygen atoms in total. The van der Waals surface area contributed by atoms with Crippen LogP contribution in [0.3, 0.4) is 0 Å². The molecule has 0 aliphatic rings. The molecular weight excluding hydrogens is 228 g/mol. The fourth-order valence-electron chi connectivity index (χ4n) is 0.762. The third-order valence-corrected chi connectivity index (χ3v) is 3.14. The van der Waals surface area contributed by atoms with Gasteiger partial charge in [0, 0.05) is 0 Å². The Morgan fingerprint density at radius 3 is 2.00 bits per heavy atom. The third-order valence-electron chi connectivity index (χ3n) is 1.43. The van der Waals surface area contributed by atoms with Crippen molar-refractivity contribution < 1.29 is 8.42 Å². The maximum atomic E-state index is 11.1. The molecule has 0 amide bonds. The number of aryl methyl sites for hydroxylation is 1. The van der Waals surface area contributed by atoms with Crippen LogP contribution in [-0.2, 0) is 10.0 Å². The molecule has 0 aliphatic carbocycles. The van der Waals surface area contributed by atoms with Crippen molar-refractivity contribution in [2.75, 3.05) is 0 Å². The topological polar surface area (TPSA) is 46.2 Å². The van der Waals surface area contributed by atoms with Crippen molar-refractivity contribution in [2.45, 2.75) is 11.8 Å². The average molecular weight is 238 g/mol. The van der Waals surface area contributed by atoms with Gasteiger partial charge in [0.25, 0.3) is 10.0 Å². The van der Waals surface area contributed by atoms with Crippen LogP contribution in [0, 0.1) is 6.92 Å². The maximum absolute atomic E-state index is 11.1. The predicted octanol–water partition coefficient (Wildman–Crippen LogP) is 0.130. The summed E-state index contributed by atoms with van der Waals surface area (Å²) in [6.45, 7) is 1.88. The van der Waals surface area contributed by atoms with E-state index in [1.807, 2.05) is 6.92 Å². The van der Waals surface area contributed by atoms with Gasteiger partial charge >= 0.3 is 48.4 Å². The van der Waals surface area contributed by atoms with Gasteiger partial charge in [-0.15, -0.1) is 4.24 Å². The van der Waals surface area contributed by atoms with E-state index in [-0.39, 0.29) is 53.3 Å². The summed E-state index contributed by atoms with van der Waals surface area (Å²) in [5.41, 5.74) is 1.00. The van der Waals surface area contributed by atoms with E-state index in [1.165, 1.54) is 12.1 Å². The summed E-state index contributed by atoms with van der Waals surface area (Å²) >= 11 is 5.03. The van der Waals surface area contributed by atoms with Crippen LogP contribution < -0.4 is 4.24 Å². The first-order chi connectivity index (χ1) is 5.56. The molecule has 1 aromatic carbocycles. The summed E-state index contributed by atoms with van der Waals surface area (Å²) in [6.07, 6.45) is 0. The molecule has 1 aromatic rings. The second-order valence-electron chi connectivity index (χ2n) is 2.39. The van der Waals surface area contributed by atoms with Crippen molar-refractivity contribution in [1.82, 2.24) is 4.24 Å². The number of halogens is 1.